The quantitative estimate of drug-likeness (QED) is 0.588. The number of rotatable bonds is 7. The third-order valence-electron chi connectivity index (χ3n) is 2.80. The zero-order chi connectivity index (χ0) is 14.4. The molecule has 5 nitrogen and oxygen atoms in total. The third kappa shape index (κ3) is 4.92. The monoisotopic (exact) mass is 270 g/mol. The Hall–Kier alpha value is -1.53. The fraction of sp³-hybridized carbons (Fsp3) is 0.538. The number of nitro benzene ring substituents is 1. The Kier molecular flexibility index (Phi) is 5.85. The van der Waals surface area contributed by atoms with Crippen molar-refractivity contribution in [1.82, 2.24) is 5.32 Å². The van der Waals surface area contributed by atoms with Crippen LogP contribution in [0.2, 0.25) is 0 Å². The van der Waals surface area contributed by atoms with Gasteiger partial charge in [-0.05, 0) is 24.5 Å². The summed E-state index contributed by atoms with van der Waals surface area (Å²) in [7, 11) is 0. The van der Waals surface area contributed by atoms with Crippen LogP contribution in [0.1, 0.15) is 25.8 Å². The van der Waals surface area contributed by atoms with Crippen LogP contribution in [0, 0.1) is 21.8 Å². The molecule has 0 fully saturated rings. The van der Waals surface area contributed by atoms with Crippen molar-refractivity contribution in [2.75, 3.05) is 6.61 Å². The Morgan fingerprint density at radius 1 is 1.47 bits per heavy atom. The van der Waals surface area contributed by atoms with E-state index in [0.29, 0.717) is 5.92 Å². The van der Waals surface area contributed by atoms with E-state index in [4.69, 9.17) is 0 Å². The van der Waals surface area contributed by atoms with Crippen LogP contribution in [-0.4, -0.2) is 22.7 Å². The summed E-state index contributed by atoms with van der Waals surface area (Å²) in [4.78, 5) is 10.3. The van der Waals surface area contributed by atoms with Crippen LogP contribution in [0.4, 0.5) is 10.1 Å². The summed E-state index contributed by atoms with van der Waals surface area (Å²) < 4.78 is 13.1. The molecule has 0 saturated carbocycles. The molecule has 6 heteroatoms. The second kappa shape index (κ2) is 7.16. The molecule has 1 atom stereocenters. The van der Waals surface area contributed by atoms with Gasteiger partial charge in [-0.1, -0.05) is 13.8 Å². The third-order valence-corrected chi connectivity index (χ3v) is 2.80. The van der Waals surface area contributed by atoms with Gasteiger partial charge in [0.05, 0.1) is 11.5 Å². The van der Waals surface area contributed by atoms with Gasteiger partial charge in [-0.3, -0.25) is 10.1 Å². The molecule has 1 aromatic rings. The maximum absolute atomic E-state index is 13.1. The lowest BCUT2D eigenvalue weighted by atomic mass is 10.0. The lowest BCUT2D eigenvalue weighted by Crippen LogP contribution is -2.33. The predicted octanol–water partition coefficient (Wildman–Crippen LogP) is 2.23. The van der Waals surface area contributed by atoms with E-state index in [0.717, 1.165) is 24.6 Å². The molecule has 0 aliphatic carbocycles. The molecule has 0 bridgehead atoms. The number of nitrogens with one attached hydrogen (secondary N) is 1. The normalized spacial score (nSPS) is 12.7. The minimum atomic E-state index is -0.535. The Morgan fingerprint density at radius 2 is 2.16 bits per heavy atom. The van der Waals surface area contributed by atoms with Crippen LogP contribution in [0.15, 0.2) is 18.2 Å². The van der Waals surface area contributed by atoms with Crippen molar-refractivity contribution >= 4 is 5.69 Å². The van der Waals surface area contributed by atoms with Gasteiger partial charge < -0.3 is 10.4 Å². The number of hydrogen-bond acceptors (Lipinski definition) is 4. The number of halogens is 1. The standard InChI is InChI=1S/C13H19FN2O3/c1-9(2)5-12(8-17)15-7-10-6-11(14)3-4-13(10)16(18)19/h3-4,6,9,12,15,17H,5,7-8H2,1-2H3. The predicted molar refractivity (Wildman–Crippen MR) is 70.2 cm³/mol. The van der Waals surface area contributed by atoms with Gasteiger partial charge in [0, 0.05) is 24.2 Å². The van der Waals surface area contributed by atoms with Crippen molar-refractivity contribution in [2.24, 2.45) is 5.92 Å². The summed E-state index contributed by atoms with van der Waals surface area (Å²) in [6, 6.07) is 3.22. The molecule has 2 N–H and O–H groups in total. The summed E-state index contributed by atoms with van der Waals surface area (Å²) in [5, 5.41) is 23.1. The van der Waals surface area contributed by atoms with E-state index < -0.39 is 10.7 Å². The maximum Gasteiger partial charge on any atom is 0.274 e. The highest BCUT2D eigenvalue weighted by atomic mass is 19.1. The molecule has 0 heterocycles. The smallest absolute Gasteiger partial charge is 0.274 e. The van der Waals surface area contributed by atoms with E-state index in [1.54, 1.807) is 0 Å². The first kappa shape index (κ1) is 15.5. The Morgan fingerprint density at radius 3 is 2.68 bits per heavy atom. The summed E-state index contributed by atoms with van der Waals surface area (Å²) in [6.07, 6.45) is 0.750. The van der Waals surface area contributed by atoms with E-state index in [-0.39, 0.29) is 30.4 Å². The van der Waals surface area contributed by atoms with Gasteiger partial charge in [0.15, 0.2) is 0 Å². The van der Waals surface area contributed by atoms with Crippen molar-refractivity contribution in [3.8, 4) is 0 Å². The SMILES string of the molecule is CC(C)CC(CO)NCc1cc(F)ccc1[N+](=O)[O-]. The van der Waals surface area contributed by atoms with E-state index in [9.17, 15) is 19.6 Å². The maximum atomic E-state index is 13.1. The fourth-order valence-electron chi connectivity index (χ4n) is 1.92. The van der Waals surface area contributed by atoms with Crippen LogP contribution in [0.5, 0.6) is 0 Å². The first-order chi connectivity index (χ1) is 8.93. The zero-order valence-corrected chi connectivity index (χ0v) is 11.1. The van der Waals surface area contributed by atoms with Gasteiger partial charge in [0.1, 0.15) is 5.82 Å². The molecule has 0 amide bonds. The van der Waals surface area contributed by atoms with Gasteiger partial charge in [0.2, 0.25) is 0 Å². The van der Waals surface area contributed by atoms with E-state index >= 15 is 0 Å². The summed E-state index contributed by atoms with van der Waals surface area (Å²) in [5.41, 5.74) is 0.169. The molecule has 1 aromatic carbocycles. The summed E-state index contributed by atoms with van der Waals surface area (Å²) >= 11 is 0. The van der Waals surface area contributed by atoms with Crippen molar-refractivity contribution in [3.63, 3.8) is 0 Å². The van der Waals surface area contributed by atoms with E-state index in [2.05, 4.69) is 5.32 Å². The van der Waals surface area contributed by atoms with Gasteiger partial charge in [0.25, 0.3) is 5.69 Å². The second-order valence-electron chi connectivity index (χ2n) is 4.92. The number of nitro groups is 1. The first-order valence-corrected chi connectivity index (χ1v) is 6.21. The highest BCUT2D eigenvalue weighted by Gasteiger charge is 2.16. The molecule has 0 radical (unpaired) electrons. The van der Waals surface area contributed by atoms with Gasteiger partial charge in [-0.15, -0.1) is 0 Å². The minimum Gasteiger partial charge on any atom is -0.395 e. The Balaban J connectivity index is 2.75. The van der Waals surface area contributed by atoms with Crippen molar-refractivity contribution in [1.29, 1.82) is 0 Å². The second-order valence-corrected chi connectivity index (χ2v) is 4.92. The zero-order valence-electron chi connectivity index (χ0n) is 11.1. The lowest BCUT2D eigenvalue weighted by Gasteiger charge is -2.18. The molecule has 0 spiro atoms. The van der Waals surface area contributed by atoms with E-state index in [1.807, 2.05) is 13.8 Å². The highest BCUT2D eigenvalue weighted by molar-refractivity contribution is 5.40. The molecule has 0 aliphatic heterocycles. The number of benzene rings is 1. The van der Waals surface area contributed by atoms with Crippen LogP contribution in [-0.2, 0) is 6.54 Å². The molecule has 0 aromatic heterocycles. The number of nitrogens with zero attached hydrogens (tertiary/aromatic N) is 1. The van der Waals surface area contributed by atoms with Crippen LogP contribution in [0.3, 0.4) is 0 Å². The van der Waals surface area contributed by atoms with Crippen LogP contribution >= 0.6 is 0 Å². The summed E-state index contributed by atoms with van der Waals surface area (Å²) in [6.45, 7) is 4.15. The Labute approximate surface area is 111 Å². The molecule has 0 saturated heterocycles. The van der Waals surface area contributed by atoms with Gasteiger partial charge >= 0.3 is 0 Å². The minimum absolute atomic E-state index is 0.0543. The summed E-state index contributed by atoms with van der Waals surface area (Å²) in [5.74, 6) is -0.112. The molecular formula is C13H19FN2O3. The Bertz CT molecular complexity index is 438. The highest BCUT2D eigenvalue weighted by Crippen LogP contribution is 2.19. The molecule has 19 heavy (non-hydrogen) atoms. The number of aliphatic hydroxyl groups is 1. The lowest BCUT2D eigenvalue weighted by molar-refractivity contribution is -0.385. The molecular weight excluding hydrogens is 251 g/mol. The van der Waals surface area contributed by atoms with E-state index in [1.165, 1.54) is 0 Å². The van der Waals surface area contributed by atoms with Crippen molar-refractivity contribution in [2.45, 2.75) is 32.9 Å². The fourth-order valence-corrected chi connectivity index (χ4v) is 1.92. The molecule has 0 aliphatic rings. The van der Waals surface area contributed by atoms with Gasteiger partial charge in [-0.2, -0.15) is 0 Å². The molecule has 106 valence electrons. The molecule has 1 unspecified atom stereocenters. The average Bonchev–Trinajstić information content (AvgIpc) is 2.33. The largest absolute Gasteiger partial charge is 0.395 e. The average molecular weight is 270 g/mol. The molecule has 1 rings (SSSR count). The topological polar surface area (TPSA) is 75.4 Å². The number of hydrogen-bond donors (Lipinski definition) is 2. The van der Waals surface area contributed by atoms with Gasteiger partial charge in [-0.25, -0.2) is 4.39 Å². The number of aliphatic hydroxyl groups excluding tert-OH is 1. The van der Waals surface area contributed by atoms with Crippen molar-refractivity contribution < 1.29 is 14.4 Å². The van der Waals surface area contributed by atoms with Crippen LogP contribution < -0.4 is 5.32 Å². The van der Waals surface area contributed by atoms with Crippen molar-refractivity contribution in [3.05, 3.63) is 39.7 Å². The first-order valence-electron chi connectivity index (χ1n) is 6.21. The van der Waals surface area contributed by atoms with Crippen LogP contribution in [0.25, 0.3) is 0 Å².